The third-order valence-corrected chi connectivity index (χ3v) is 4.29. The van der Waals surface area contributed by atoms with Crippen molar-refractivity contribution >= 4 is 0 Å². The molecule has 0 saturated heterocycles. The standard InChI is InChI=1S/C19H26N2/c1-14-9-6-7-11-19(15(14)2)18-10-8-12-20-16(3)17(4)21(5)13-18/h7-9,11-13,16,20H,4,6,10H2,1-3,5H3/b12-8-,18-13+. The van der Waals surface area contributed by atoms with Gasteiger partial charge < -0.3 is 10.2 Å². The molecule has 1 N–H and O–H groups in total. The van der Waals surface area contributed by atoms with E-state index < -0.39 is 0 Å². The molecule has 2 aliphatic rings. The van der Waals surface area contributed by atoms with Crippen molar-refractivity contribution in [1.82, 2.24) is 10.2 Å². The van der Waals surface area contributed by atoms with Crippen molar-refractivity contribution in [2.24, 2.45) is 0 Å². The summed E-state index contributed by atoms with van der Waals surface area (Å²) in [7, 11) is 2.07. The fourth-order valence-electron chi connectivity index (χ4n) is 2.62. The van der Waals surface area contributed by atoms with Crippen molar-refractivity contribution in [3.05, 3.63) is 71.3 Å². The maximum absolute atomic E-state index is 4.19. The summed E-state index contributed by atoms with van der Waals surface area (Å²) >= 11 is 0. The fourth-order valence-corrected chi connectivity index (χ4v) is 2.62. The third kappa shape index (κ3) is 3.57. The highest BCUT2D eigenvalue weighted by Gasteiger charge is 2.14. The minimum atomic E-state index is 0.239. The highest BCUT2D eigenvalue weighted by atomic mass is 15.1. The Morgan fingerprint density at radius 2 is 2.05 bits per heavy atom. The van der Waals surface area contributed by atoms with E-state index in [-0.39, 0.29) is 6.04 Å². The average Bonchev–Trinajstić information content (AvgIpc) is 2.59. The monoisotopic (exact) mass is 282 g/mol. The summed E-state index contributed by atoms with van der Waals surface area (Å²) in [6.45, 7) is 10.7. The molecule has 0 radical (unpaired) electrons. The second kappa shape index (κ2) is 6.66. The molecular weight excluding hydrogens is 256 g/mol. The van der Waals surface area contributed by atoms with Gasteiger partial charge in [-0.15, -0.1) is 0 Å². The normalized spacial score (nSPS) is 27.7. The number of likely N-dealkylation sites (N-methyl/N-ethyl adjacent to an activating group) is 1. The predicted octanol–water partition coefficient (Wildman–Crippen LogP) is 4.43. The van der Waals surface area contributed by atoms with Crippen LogP contribution in [0, 0.1) is 0 Å². The summed E-state index contributed by atoms with van der Waals surface area (Å²) in [6, 6.07) is 0.239. The summed E-state index contributed by atoms with van der Waals surface area (Å²) in [4.78, 5) is 2.14. The Kier molecular flexibility index (Phi) is 4.89. The third-order valence-electron chi connectivity index (χ3n) is 4.29. The number of allylic oxidation sites excluding steroid dienone is 8. The fraction of sp³-hybridized carbons (Fsp3) is 0.368. The molecule has 2 rings (SSSR count). The van der Waals surface area contributed by atoms with Crippen molar-refractivity contribution < 1.29 is 0 Å². The van der Waals surface area contributed by atoms with Gasteiger partial charge in [0.15, 0.2) is 0 Å². The Balaban J connectivity index is 2.44. The Bertz CT molecular complexity index is 570. The second-order valence-electron chi connectivity index (χ2n) is 5.82. The molecule has 0 amide bonds. The molecule has 0 aromatic heterocycles. The van der Waals surface area contributed by atoms with Gasteiger partial charge in [-0.3, -0.25) is 0 Å². The molecule has 1 aliphatic heterocycles. The quantitative estimate of drug-likeness (QED) is 0.765. The zero-order valence-corrected chi connectivity index (χ0v) is 13.6. The van der Waals surface area contributed by atoms with Crippen LogP contribution in [-0.4, -0.2) is 18.0 Å². The summed E-state index contributed by atoms with van der Waals surface area (Å²) in [5, 5.41) is 3.36. The average molecular weight is 282 g/mol. The molecule has 0 saturated carbocycles. The van der Waals surface area contributed by atoms with Crippen LogP contribution in [0.3, 0.4) is 0 Å². The van der Waals surface area contributed by atoms with Crippen molar-refractivity contribution in [3.8, 4) is 0 Å². The van der Waals surface area contributed by atoms with E-state index in [2.05, 4.69) is 75.1 Å². The highest BCUT2D eigenvalue weighted by molar-refractivity contribution is 5.51. The highest BCUT2D eigenvalue weighted by Crippen LogP contribution is 2.28. The number of nitrogens with one attached hydrogen (secondary N) is 1. The summed E-state index contributed by atoms with van der Waals surface area (Å²) in [5.74, 6) is 0. The molecule has 0 aromatic carbocycles. The lowest BCUT2D eigenvalue weighted by Gasteiger charge is -2.24. The van der Waals surface area contributed by atoms with E-state index >= 15 is 0 Å². The van der Waals surface area contributed by atoms with Gasteiger partial charge in [0, 0.05) is 18.9 Å². The molecule has 0 fully saturated rings. The Labute approximate surface area is 128 Å². The van der Waals surface area contributed by atoms with Crippen LogP contribution in [0.25, 0.3) is 0 Å². The zero-order chi connectivity index (χ0) is 15.4. The van der Waals surface area contributed by atoms with Crippen LogP contribution in [0.1, 0.15) is 33.6 Å². The van der Waals surface area contributed by atoms with Gasteiger partial charge in [-0.05, 0) is 56.5 Å². The number of hydrogen-bond donors (Lipinski definition) is 1. The molecular formula is C19H26N2. The van der Waals surface area contributed by atoms with Gasteiger partial charge in [-0.1, -0.05) is 36.5 Å². The number of rotatable bonds is 1. The molecule has 0 bridgehead atoms. The van der Waals surface area contributed by atoms with Gasteiger partial charge in [-0.2, -0.15) is 0 Å². The molecule has 1 atom stereocenters. The van der Waals surface area contributed by atoms with Crippen LogP contribution in [0.2, 0.25) is 0 Å². The molecule has 2 nitrogen and oxygen atoms in total. The van der Waals surface area contributed by atoms with E-state index in [9.17, 15) is 0 Å². The molecule has 1 heterocycles. The van der Waals surface area contributed by atoms with E-state index in [1.807, 2.05) is 6.20 Å². The lowest BCUT2D eigenvalue weighted by Crippen LogP contribution is -2.29. The van der Waals surface area contributed by atoms with E-state index in [4.69, 9.17) is 0 Å². The Morgan fingerprint density at radius 3 is 2.81 bits per heavy atom. The van der Waals surface area contributed by atoms with Crippen LogP contribution in [0.5, 0.6) is 0 Å². The van der Waals surface area contributed by atoms with Gasteiger partial charge in [0.2, 0.25) is 0 Å². The van der Waals surface area contributed by atoms with Crippen molar-refractivity contribution in [1.29, 1.82) is 0 Å². The van der Waals surface area contributed by atoms with E-state index in [0.29, 0.717) is 0 Å². The van der Waals surface area contributed by atoms with E-state index in [1.54, 1.807) is 0 Å². The minimum absolute atomic E-state index is 0.239. The Hall–Kier alpha value is -1.96. The van der Waals surface area contributed by atoms with Gasteiger partial charge in [0.25, 0.3) is 0 Å². The lowest BCUT2D eigenvalue weighted by molar-refractivity contribution is 0.496. The largest absolute Gasteiger partial charge is 0.383 e. The lowest BCUT2D eigenvalue weighted by atomic mass is 9.95. The van der Waals surface area contributed by atoms with Crippen LogP contribution >= 0.6 is 0 Å². The maximum Gasteiger partial charge on any atom is 0.0625 e. The predicted molar refractivity (Wildman–Crippen MR) is 91.6 cm³/mol. The van der Waals surface area contributed by atoms with E-state index in [0.717, 1.165) is 18.5 Å². The first-order chi connectivity index (χ1) is 10.0. The summed E-state index contributed by atoms with van der Waals surface area (Å²) in [6.07, 6.45) is 15.2. The molecule has 21 heavy (non-hydrogen) atoms. The Morgan fingerprint density at radius 1 is 1.29 bits per heavy atom. The summed E-state index contributed by atoms with van der Waals surface area (Å²) in [5.41, 5.74) is 6.46. The van der Waals surface area contributed by atoms with Gasteiger partial charge in [-0.25, -0.2) is 0 Å². The van der Waals surface area contributed by atoms with Gasteiger partial charge in [0.1, 0.15) is 0 Å². The van der Waals surface area contributed by atoms with Crippen molar-refractivity contribution in [3.63, 3.8) is 0 Å². The van der Waals surface area contributed by atoms with Crippen molar-refractivity contribution in [2.75, 3.05) is 7.05 Å². The van der Waals surface area contributed by atoms with Gasteiger partial charge >= 0.3 is 0 Å². The van der Waals surface area contributed by atoms with Crippen molar-refractivity contribution in [2.45, 2.75) is 39.7 Å². The summed E-state index contributed by atoms with van der Waals surface area (Å²) < 4.78 is 0. The van der Waals surface area contributed by atoms with Crippen LogP contribution in [0.4, 0.5) is 0 Å². The number of hydrogen-bond acceptors (Lipinski definition) is 2. The first-order valence-electron chi connectivity index (χ1n) is 7.59. The minimum Gasteiger partial charge on any atom is -0.383 e. The van der Waals surface area contributed by atoms with Crippen LogP contribution in [0.15, 0.2) is 71.3 Å². The molecule has 0 aromatic rings. The number of nitrogens with zero attached hydrogens (tertiary/aromatic N) is 1. The molecule has 0 spiro atoms. The van der Waals surface area contributed by atoms with Crippen LogP contribution in [-0.2, 0) is 0 Å². The molecule has 112 valence electrons. The SMILES string of the molecule is C=C1C(C)N/C=C\C/C(C2=C(C)C(C)=CCC=C2)=C\N1C. The molecule has 1 aliphatic carbocycles. The first-order valence-corrected chi connectivity index (χ1v) is 7.59. The smallest absolute Gasteiger partial charge is 0.0625 e. The second-order valence-corrected chi connectivity index (χ2v) is 5.82. The molecule has 1 unspecified atom stereocenters. The van der Waals surface area contributed by atoms with Gasteiger partial charge in [0.05, 0.1) is 6.04 Å². The van der Waals surface area contributed by atoms with Crippen LogP contribution < -0.4 is 5.32 Å². The topological polar surface area (TPSA) is 15.3 Å². The van der Waals surface area contributed by atoms with E-state index in [1.165, 1.54) is 22.3 Å². The molecule has 2 heteroatoms. The first kappa shape index (κ1) is 15.4. The maximum atomic E-state index is 4.19. The zero-order valence-electron chi connectivity index (χ0n) is 13.6.